The smallest absolute Gasteiger partial charge is 0.234 e. The van der Waals surface area contributed by atoms with Gasteiger partial charge in [0.05, 0.1) is 22.1 Å². The first-order valence-electron chi connectivity index (χ1n) is 25.8. The molecule has 0 amide bonds. The van der Waals surface area contributed by atoms with E-state index in [4.69, 9.17) is 19.9 Å². The zero-order valence-electron chi connectivity index (χ0n) is 41.4. The van der Waals surface area contributed by atoms with E-state index in [-0.39, 0.29) is 0 Å². The Morgan fingerprint density at radius 3 is 0.763 bits per heavy atom. The minimum atomic E-state index is -2.80. The van der Waals surface area contributed by atoms with Gasteiger partial charge in [0.15, 0.2) is 16.1 Å². The third-order valence-electron chi connectivity index (χ3n) is 15.5. The minimum Gasteiger partial charge on any atom is -0.278 e. The van der Waals surface area contributed by atoms with E-state index in [0.29, 0.717) is 11.9 Å². The van der Waals surface area contributed by atoms with Gasteiger partial charge in [-0.1, -0.05) is 231 Å². The van der Waals surface area contributed by atoms with Crippen molar-refractivity contribution in [3.05, 3.63) is 292 Å². The lowest BCUT2D eigenvalue weighted by atomic mass is 10.0. The number of hydrogen-bond donors (Lipinski definition) is 0. The van der Waals surface area contributed by atoms with Crippen molar-refractivity contribution in [2.24, 2.45) is 0 Å². The summed E-state index contributed by atoms with van der Waals surface area (Å²) in [7, 11) is -5.60. The molecular weight excluding hydrogens is 957 g/mol. The maximum absolute atomic E-state index is 5.27. The van der Waals surface area contributed by atoms with Gasteiger partial charge in [-0.05, 0) is 89.0 Å². The number of rotatable bonds is 11. The summed E-state index contributed by atoms with van der Waals surface area (Å²) in [6, 6.07) is 96.2. The van der Waals surface area contributed by atoms with Gasteiger partial charge in [0, 0.05) is 46.3 Å². The van der Waals surface area contributed by atoms with Crippen molar-refractivity contribution in [2.45, 2.75) is 0 Å². The lowest BCUT2D eigenvalue weighted by Crippen LogP contribution is -2.74. The molecule has 14 aromatic rings. The molecule has 4 aromatic heterocycles. The van der Waals surface area contributed by atoms with Crippen LogP contribution in [0.15, 0.2) is 292 Å². The summed E-state index contributed by atoms with van der Waals surface area (Å²) in [5, 5.41) is 14.5. The summed E-state index contributed by atoms with van der Waals surface area (Å²) in [5.74, 6) is 1.27. The molecule has 0 fully saturated rings. The largest absolute Gasteiger partial charge is 0.278 e. The normalized spacial score (nSPS) is 11.9. The number of para-hydroxylation sites is 2. The van der Waals surface area contributed by atoms with Gasteiger partial charge >= 0.3 is 0 Å². The van der Waals surface area contributed by atoms with Gasteiger partial charge in [-0.3, -0.25) is 9.13 Å². The van der Waals surface area contributed by atoms with Gasteiger partial charge in [-0.25, -0.2) is 19.9 Å². The highest BCUT2D eigenvalue weighted by molar-refractivity contribution is 7.20. The van der Waals surface area contributed by atoms with Crippen molar-refractivity contribution in [1.82, 2.24) is 29.1 Å². The van der Waals surface area contributed by atoms with Crippen LogP contribution in [0.3, 0.4) is 0 Å². The molecular formula is C68H48N6Si2. The van der Waals surface area contributed by atoms with Crippen molar-refractivity contribution in [1.29, 1.82) is 0 Å². The molecule has 0 bridgehead atoms. The molecule has 0 saturated carbocycles. The second kappa shape index (κ2) is 18.7. The minimum absolute atomic E-state index is 0.637. The van der Waals surface area contributed by atoms with Gasteiger partial charge in [-0.2, -0.15) is 0 Å². The molecule has 0 atom stereocenters. The van der Waals surface area contributed by atoms with E-state index in [1.807, 2.05) is 0 Å². The van der Waals surface area contributed by atoms with E-state index in [1.165, 1.54) is 31.1 Å². The first-order chi connectivity index (χ1) is 37.7. The van der Waals surface area contributed by atoms with Crippen LogP contribution in [0, 0.1) is 0 Å². The van der Waals surface area contributed by atoms with Gasteiger partial charge in [-0.15, -0.1) is 0 Å². The molecule has 0 N–H and O–H groups in total. The Labute approximate surface area is 442 Å². The Morgan fingerprint density at radius 2 is 0.474 bits per heavy atom. The number of aromatic nitrogens is 6. The summed E-state index contributed by atoms with van der Waals surface area (Å²) < 4.78 is 4.42. The van der Waals surface area contributed by atoms with Crippen LogP contribution >= 0.6 is 0 Å². The summed E-state index contributed by atoms with van der Waals surface area (Å²) >= 11 is 0. The fourth-order valence-corrected chi connectivity index (χ4v) is 21.3. The van der Waals surface area contributed by atoms with E-state index in [2.05, 4.69) is 301 Å². The number of hydrogen-bond acceptors (Lipinski definition) is 4. The first kappa shape index (κ1) is 45.0. The zero-order valence-corrected chi connectivity index (χ0v) is 43.4. The fourth-order valence-electron chi connectivity index (χ4n) is 12.1. The molecule has 76 heavy (non-hydrogen) atoms. The van der Waals surface area contributed by atoms with E-state index >= 15 is 0 Å². The molecule has 4 heterocycles. The molecule has 0 unspecified atom stereocenters. The van der Waals surface area contributed by atoms with Crippen LogP contribution in [-0.2, 0) is 0 Å². The molecule has 0 radical (unpaired) electrons. The van der Waals surface area contributed by atoms with Crippen LogP contribution in [0.2, 0.25) is 0 Å². The lowest BCUT2D eigenvalue weighted by molar-refractivity contribution is 0.993. The highest BCUT2D eigenvalue weighted by atomic mass is 28.3. The Balaban J connectivity index is 0.865. The molecule has 8 heteroatoms. The van der Waals surface area contributed by atoms with Crippen molar-refractivity contribution in [3.63, 3.8) is 0 Å². The average Bonchev–Trinajstić information content (AvgIpc) is 4.02. The molecule has 14 rings (SSSR count). The van der Waals surface area contributed by atoms with E-state index in [9.17, 15) is 0 Å². The first-order valence-corrected chi connectivity index (χ1v) is 29.8. The average molecular weight is 1010 g/mol. The molecule has 6 nitrogen and oxygen atoms in total. The molecule has 0 aliphatic rings. The molecule has 0 spiro atoms. The fraction of sp³-hybridized carbons (Fsp3) is 0. The Morgan fingerprint density at radius 1 is 0.224 bits per heavy atom. The molecule has 0 aliphatic heterocycles. The van der Waals surface area contributed by atoms with E-state index < -0.39 is 16.1 Å². The second-order valence-corrected chi connectivity index (χ2v) is 27.0. The van der Waals surface area contributed by atoms with Crippen LogP contribution in [0.25, 0.3) is 66.6 Å². The predicted octanol–water partition coefficient (Wildman–Crippen LogP) is 9.88. The maximum Gasteiger partial charge on any atom is 0.234 e. The topological polar surface area (TPSA) is 61.4 Å². The number of nitrogens with zero attached hydrogens (tertiary/aromatic N) is 6. The lowest BCUT2D eigenvalue weighted by Gasteiger charge is -2.33. The van der Waals surface area contributed by atoms with Crippen LogP contribution < -0.4 is 41.5 Å². The van der Waals surface area contributed by atoms with Crippen LogP contribution in [0.5, 0.6) is 0 Å². The Hall–Kier alpha value is -9.61. The van der Waals surface area contributed by atoms with E-state index in [1.54, 1.807) is 0 Å². The summed E-state index contributed by atoms with van der Waals surface area (Å²) in [6.07, 6.45) is 8.32. The number of fused-ring (bicyclic) bond motifs is 6. The van der Waals surface area contributed by atoms with E-state index in [0.717, 1.165) is 65.1 Å². The standard InChI is InChI=1S/C68H48N6Si2/c1-7-23-51(24-8-1)75(52-25-9-2-10-26-52,53-27-11-3-12-28-53)57-45-69-67(70-46-57)73-63-37-21-19-35-59(63)61-43-49(39-41-65(61)73)50-40-42-66-62(44-50)60-36-20-22-38-64(60)74(66)68-71-47-58(48-72-68)76(54-29-13-4-14-30-54,55-31-15-5-16-32-55)56-33-17-6-18-34-56/h1-48H. The van der Waals surface area contributed by atoms with Crippen molar-refractivity contribution in [3.8, 4) is 23.0 Å². The third-order valence-corrected chi connectivity index (χ3v) is 24.9. The monoisotopic (exact) mass is 1000 g/mol. The Kier molecular flexibility index (Phi) is 11.1. The number of benzene rings is 10. The molecule has 0 saturated heterocycles. The Bertz CT molecular complexity index is 3880. The SMILES string of the molecule is c1ccc([Si](c2ccccc2)(c2ccccc2)c2cnc(-n3c4ccccc4c4cc(-c5ccc6c(c5)c5ccccc5n6-c5ncc([Si](c6ccccc6)(c6ccccc6)c6ccccc6)cn5)ccc43)nc2)cc1. The summed E-state index contributed by atoms with van der Waals surface area (Å²) in [4.78, 5) is 21.1. The third kappa shape index (κ3) is 7.14. The summed E-state index contributed by atoms with van der Waals surface area (Å²) in [6.45, 7) is 0. The van der Waals surface area contributed by atoms with Crippen LogP contribution in [0.4, 0.5) is 0 Å². The van der Waals surface area contributed by atoms with Crippen LogP contribution in [-0.4, -0.2) is 45.2 Å². The highest BCUT2D eigenvalue weighted by Gasteiger charge is 2.43. The second-order valence-electron chi connectivity index (χ2n) is 19.4. The van der Waals surface area contributed by atoms with Gasteiger partial charge in [0.2, 0.25) is 11.9 Å². The van der Waals surface area contributed by atoms with Crippen molar-refractivity contribution in [2.75, 3.05) is 0 Å². The van der Waals surface area contributed by atoms with Gasteiger partial charge in [0.25, 0.3) is 0 Å². The maximum atomic E-state index is 5.27. The zero-order chi connectivity index (χ0) is 50.5. The van der Waals surface area contributed by atoms with Crippen LogP contribution in [0.1, 0.15) is 0 Å². The molecule has 0 aliphatic carbocycles. The summed E-state index contributed by atoms with van der Waals surface area (Å²) in [5.41, 5.74) is 6.46. The van der Waals surface area contributed by atoms with Gasteiger partial charge in [0.1, 0.15) is 0 Å². The molecule has 10 aromatic carbocycles. The quantitative estimate of drug-likeness (QED) is 0.0957. The molecule has 358 valence electrons. The van der Waals surface area contributed by atoms with Crippen molar-refractivity contribution < 1.29 is 0 Å². The van der Waals surface area contributed by atoms with Gasteiger partial charge < -0.3 is 0 Å². The van der Waals surface area contributed by atoms with Crippen molar-refractivity contribution >= 4 is 101 Å². The predicted molar refractivity (Wildman–Crippen MR) is 319 cm³/mol. The highest BCUT2D eigenvalue weighted by Crippen LogP contribution is 2.37.